The summed E-state index contributed by atoms with van der Waals surface area (Å²) in [7, 11) is 0. The van der Waals surface area contributed by atoms with Gasteiger partial charge in [-0.05, 0) is 30.0 Å². The molecular formula is C10H15NO. The smallest absolute Gasteiger partial charge is 0.107 e. The van der Waals surface area contributed by atoms with Crippen molar-refractivity contribution in [3.05, 3.63) is 24.2 Å². The van der Waals surface area contributed by atoms with Crippen molar-refractivity contribution in [1.29, 1.82) is 0 Å². The second-order valence-corrected chi connectivity index (χ2v) is 4.16. The number of hydrogen-bond acceptors (Lipinski definition) is 2. The van der Waals surface area contributed by atoms with Crippen molar-refractivity contribution in [2.45, 2.75) is 19.8 Å². The van der Waals surface area contributed by atoms with Gasteiger partial charge in [0.05, 0.1) is 6.26 Å². The highest BCUT2D eigenvalue weighted by atomic mass is 16.3. The molecule has 2 heteroatoms. The Bertz CT molecular complexity index is 263. The first kappa shape index (κ1) is 7.87. The van der Waals surface area contributed by atoms with Gasteiger partial charge < -0.3 is 10.2 Å². The van der Waals surface area contributed by atoms with Crippen LogP contribution < -0.4 is 5.73 Å². The summed E-state index contributed by atoms with van der Waals surface area (Å²) < 4.78 is 5.37. The average Bonchev–Trinajstić information content (AvgIpc) is 2.50. The maximum atomic E-state index is 5.66. The molecule has 66 valence electrons. The molecule has 1 aliphatic rings. The molecule has 0 radical (unpaired) electrons. The predicted molar refractivity (Wildman–Crippen MR) is 47.8 cm³/mol. The third-order valence-electron chi connectivity index (χ3n) is 3.15. The molecule has 1 aromatic rings. The summed E-state index contributed by atoms with van der Waals surface area (Å²) in [6.07, 6.45) is 1.73. The quantitative estimate of drug-likeness (QED) is 0.727. The van der Waals surface area contributed by atoms with E-state index in [1.54, 1.807) is 6.26 Å². The van der Waals surface area contributed by atoms with E-state index in [1.165, 1.54) is 0 Å². The maximum Gasteiger partial charge on any atom is 0.107 e. The van der Waals surface area contributed by atoms with Gasteiger partial charge in [0, 0.05) is 5.92 Å². The summed E-state index contributed by atoms with van der Waals surface area (Å²) in [5.74, 6) is 2.23. The molecule has 0 amide bonds. The molecule has 2 atom stereocenters. The molecular weight excluding hydrogens is 150 g/mol. The van der Waals surface area contributed by atoms with E-state index in [9.17, 15) is 0 Å². The van der Waals surface area contributed by atoms with Crippen LogP contribution in [0, 0.1) is 11.3 Å². The standard InChI is InChI=1S/C10H15NO/c1-10(2)7(6-11)9(10)8-4-3-5-12-8/h3-5,7,9H,6,11H2,1-2H3/t7-,9+/m1/s1. The molecule has 0 aliphatic heterocycles. The molecule has 1 fully saturated rings. The first-order valence-electron chi connectivity index (χ1n) is 4.41. The molecule has 0 aromatic carbocycles. The van der Waals surface area contributed by atoms with Crippen LogP contribution in [0.25, 0.3) is 0 Å². The summed E-state index contributed by atoms with van der Waals surface area (Å²) >= 11 is 0. The summed E-state index contributed by atoms with van der Waals surface area (Å²) in [5, 5.41) is 0. The van der Waals surface area contributed by atoms with E-state index in [2.05, 4.69) is 13.8 Å². The molecule has 1 heterocycles. The van der Waals surface area contributed by atoms with Gasteiger partial charge >= 0.3 is 0 Å². The van der Waals surface area contributed by atoms with E-state index in [4.69, 9.17) is 10.2 Å². The van der Waals surface area contributed by atoms with E-state index in [0.29, 0.717) is 17.3 Å². The van der Waals surface area contributed by atoms with Crippen LogP contribution in [-0.2, 0) is 0 Å². The first-order valence-corrected chi connectivity index (χ1v) is 4.41. The fourth-order valence-corrected chi connectivity index (χ4v) is 2.22. The molecule has 1 aromatic heterocycles. The van der Waals surface area contributed by atoms with E-state index >= 15 is 0 Å². The number of rotatable bonds is 2. The summed E-state index contributed by atoms with van der Waals surface area (Å²) in [6, 6.07) is 3.99. The van der Waals surface area contributed by atoms with Crippen molar-refractivity contribution in [1.82, 2.24) is 0 Å². The predicted octanol–water partition coefficient (Wildman–Crippen LogP) is 1.98. The Balaban J connectivity index is 2.19. The highest BCUT2D eigenvalue weighted by Crippen LogP contribution is 2.63. The van der Waals surface area contributed by atoms with Crippen LogP contribution in [0.1, 0.15) is 25.5 Å². The van der Waals surface area contributed by atoms with E-state index in [0.717, 1.165) is 12.3 Å². The second-order valence-electron chi connectivity index (χ2n) is 4.16. The SMILES string of the molecule is CC1(C)[C@H](CN)[C@H]1c1ccco1. The molecule has 1 aliphatic carbocycles. The Morgan fingerprint density at radius 2 is 2.33 bits per heavy atom. The fraction of sp³-hybridized carbons (Fsp3) is 0.600. The number of furan rings is 1. The third-order valence-corrected chi connectivity index (χ3v) is 3.15. The molecule has 2 rings (SSSR count). The second kappa shape index (κ2) is 2.36. The lowest BCUT2D eigenvalue weighted by atomic mass is 10.1. The molecule has 2 nitrogen and oxygen atoms in total. The van der Waals surface area contributed by atoms with Gasteiger partial charge in [-0.3, -0.25) is 0 Å². The number of hydrogen-bond donors (Lipinski definition) is 1. The minimum Gasteiger partial charge on any atom is -0.469 e. The van der Waals surface area contributed by atoms with Gasteiger partial charge in [-0.15, -0.1) is 0 Å². The maximum absolute atomic E-state index is 5.66. The monoisotopic (exact) mass is 165 g/mol. The Hall–Kier alpha value is -0.760. The van der Waals surface area contributed by atoms with Gasteiger partial charge in [-0.1, -0.05) is 13.8 Å². The normalized spacial score (nSPS) is 31.9. The summed E-state index contributed by atoms with van der Waals surface area (Å²) in [6.45, 7) is 5.26. The molecule has 0 unspecified atom stereocenters. The lowest BCUT2D eigenvalue weighted by Crippen LogP contribution is -2.05. The van der Waals surface area contributed by atoms with Crippen molar-refractivity contribution in [3.63, 3.8) is 0 Å². The Morgan fingerprint density at radius 1 is 1.58 bits per heavy atom. The van der Waals surface area contributed by atoms with Crippen molar-refractivity contribution in [2.24, 2.45) is 17.1 Å². The Morgan fingerprint density at radius 3 is 2.75 bits per heavy atom. The number of nitrogens with two attached hydrogens (primary N) is 1. The van der Waals surface area contributed by atoms with Crippen molar-refractivity contribution in [3.8, 4) is 0 Å². The summed E-state index contributed by atoms with van der Waals surface area (Å²) in [5.41, 5.74) is 6.00. The Kier molecular flexibility index (Phi) is 1.55. The molecule has 12 heavy (non-hydrogen) atoms. The lowest BCUT2D eigenvalue weighted by Gasteiger charge is -1.98. The first-order chi connectivity index (χ1) is 5.68. The van der Waals surface area contributed by atoms with Gasteiger partial charge in [0.15, 0.2) is 0 Å². The van der Waals surface area contributed by atoms with Crippen LogP contribution in [0.4, 0.5) is 0 Å². The fourth-order valence-electron chi connectivity index (χ4n) is 2.22. The van der Waals surface area contributed by atoms with Crippen LogP contribution >= 0.6 is 0 Å². The van der Waals surface area contributed by atoms with Gasteiger partial charge in [-0.25, -0.2) is 0 Å². The van der Waals surface area contributed by atoms with E-state index in [-0.39, 0.29) is 0 Å². The highest BCUT2D eigenvalue weighted by Gasteiger charge is 2.58. The zero-order chi connectivity index (χ0) is 8.77. The van der Waals surface area contributed by atoms with Crippen molar-refractivity contribution in [2.75, 3.05) is 6.54 Å². The largest absolute Gasteiger partial charge is 0.469 e. The van der Waals surface area contributed by atoms with Crippen LogP contribution in [0.5, 0.6) is 0 Å². The molecule has 0 bridgehead atoms. The van der Waals surface area contributed by atoms with Crippen molar-refractivity contribution >= 4 is 0 Å². The van der Waals surface area contributed by atoms with E-state index in [1.807, 2.05) is 12.1 Å². The summed E-state index contributed by atoms with van der Waals surface area (Å²) in [4.78, 5) is 0. The third kappa shape index (κ3) is 0.911. The Labute approximate surface area is 72.7 Å². The lowest BCUT2D eigenvalue weighted by molar-refractivity contribution is 0.482. The minimum atomic E-state index is 0.340. The highest BCUT2D eigenvalue weighted by molar-refractivity contribution is 5.24. The van der Waals surface area contributed by atoms with Gasteiger partial charge in [-0.2, -0.15) is 0 Å². The van der Waals surface area contributed by atoms with Crippen LogP contribution in [0.15, 0.2) is 22.8 Å². The molecule has 0 spiro atoms. The average molecular weight is 165 g/mol. The molecule has 2 N–H and O–H groups in total. The van der Waals surface area contributed by atoms with Gasteiger partial charge in [0.25, 0.3) is 0 Å². The van der Waals surface area contributed by atoms with Crippen molar-refractivity contribution < 1.29 is 4.42 Å². The molecule has 1 saturated carbocycles. The van der Waals surface area contributed by atoms with E-state index < -0.39 is 0 Å². The topological polar surface area (TPSA) is 39.2 Å². The van der Waals surface area contributed by atoms with Crippen LogP contribution in [0.2, 0.25) is 0 Å². The van der Waals surface area contributed by atoms with Crippen LogP contribution in [0.3, 0.4) is 0 Å². The zero-order valence-corrected chi connectivity index (χ0v) is 7.58. The van der Waals surface area contributed by atoms with Gasteiger partial charge in [0.2, 0.25) is 0 Å². The minimum absolute atomic E-state index is 0.340. The van der Waals surface area contributed by atoms with Crippen LogP contribution in [-0.4, -0.2) is 6.54 Å². The zero-order valence-electron chi connectivity index (χ0n) is 7.58. The van der Waals surface area contributed by atoms with Gasteiger partial charge in [0.1, 0.15) is 5.76 Å². The molecule has 0 saturated heterocycles.